The highest BCUT2D eigenvalue weighted by molar-refractivity contribution is 7.89. The molecule has 0 saturated heterocycles. The zero-order valence-electron chi connectivity index (χ0n) is 7.51. The molecule has 1 atom stereocenters. The van der Waals surface area contributed by atoms with Gasteiger partial charge in [-0.3, -0.25) is 0 Å². The summed E-state index contributed by atoms with van der Waals surface area (Å²) in [4.78, 5) is 0. The summed E-state index contributed by atoms with van der Waals surface area (Å²) >= 11 is 0. The maximum absolute atomic E-state index is 4.49. The fraction of sp³-hybridized carbons (Fsp3) is 0.778. The van der Waals surface area contributed by atoms with Crippen molar-refractivity contribution in [1.29, 1.82) is 0 Å². The third-order valence-corrected chi connectivity index (χ3v) is 5.54. The van der Waals surface area contributed by atoms with E-state index < -0.39 is 0 Å². The molecule has 0 bridgehead atoms. The van der Waals surface area contributed by atoms with Crippen LogP contribution < -0.4 is 0 Å². The Morgan fingerprint density at radius 2 is 2.08 bits per heavy atom. The van der Waals surface area contributed by atoms with Gasteiger partial charge in [-0.25, -0.2) is 4.75 Å². The van der Waals surface area contributed by atoms with E-state index in [2.05, 4.69) is 11.7 Å². The molecule has 1 heterocycles. The van der Waals surface area contributed by atoms with E-state index in [0.717, 1.165) is 13.9 Å². The molecule has 1 aliphatic rings. The third-order valence-electron chi connectivity index (χ3n) is 2.75. The SMILES string of the molecule is Cc1n[pH]pc1C1CCCCC1. The molecule has 3 heteroatoms. The summed E-state index contributed by atoms with van der Waals surface area (Å²) in [5.41, 5.74) is 1.36. The first kappa shape index (κ1) is 8.73. The summed E-state index contributed by atoms with van der Waals surface area (Å²) in [7, 11) is 2.34. The minimum atomic E-state index is 0.817. The van der Waals surface area contributed by atoms with Crippen LogP contribution in [0, 0.1) is 6.92 Å². The zero-order chi connectivity index (χ0) is 8.39. The second kappa shape index (κ2) is 3.90. The summed E-state index contributed by atoms with van der Waals surface area (Å²) in [6, 6.07) is 0. The highest BCUT2D eigenvalue weighted by Gasteiger charge is 2.18. The van der Waals surface area contributed by atoms with Crippen LogP contribution in [0.2, 0.25) is 0 Å². The van der Waals surface area contributed by atoms with Crippen molar-refractivity contribution in [1.82, 2.24) is 4.75 Å². The van der Waals surface area contributed by atoms with E-state index in [1.807, 2.05) is 0 Å². The average molecular weight is 199 g/mol. The summed E-state index contributed by atoms with van der Waals surface area (Å²) in [5.74, 6) is 0.902. The van der Waals surface area contributed by atoms with Gasteiger partial charge in [-0.05, 0) is 41.6 Å². The van der Waals surface area contributed by atoms with Gasteiger partial charge in [-0.15, -0.1) is 0 Å². The van der Waals surface area contributed by atoms with Crippen LogP contribution in [0.1, 0.15) is 49.0 Å². The predicted octanol–water partition coefficient (Wildman–Crippen LogP) is 4.05. The Kier molecular flexibility index (Phi) is 2.84. The number of hydrogen-bond donors (Lipinski definition) is 0. The first-order valence-electron chi connectivity index (χ1n) is 4.75. The fourth-order valence-corrected chi connectivity index (χ4v) is 5.19. The summed E-state index contributed by atoms with van der Waals surface area (Å²) in [6.07, 6.45) is 7.21. The summed E-state index contributed by atoms with van der Waals surface area (Å²) < 4.78 is 4.49. The van der Waals surface area contributed by atoms with Crippen LogP contribution in [0.25, 0.3) is 0 Å². The topological polar surface area (TPSA) is 12.9 Å². The predicted molar refractivity (Wildman–Crippen MR) is 56.8 cm³/mol. The lowest BCUT2D eigenvalue weighted by Crippen LogP contribution is -2.03. The van der Waals surface area contributed by atoms with Crippen molar-refractivity contribution in [2.45, 2.75) is 44.9 Å². The molecule has 1 aromatic rings. The molecule has 0 amide bonds. The molecule has 0 radical (unpaired) electrons. The van der Waals surface area contributed by atoms with Crippen LogP contribution in [0.3, 0.4) is 0 Å². The van der Waals surface area contributed by atoms with Gasteiger partial charge in [0.25, 0.3) is 0 Å². The number of rotatable bonds is 1. The lowest BCUT2D eigenvalue weighted by atomic mass is 9.88. The Balaban J connectivity index is 2.13. The van der Waals surface area contributed by atoms with Crippen molar-refractivity contribution in [2.75, 3.05) is 0 Å². The van der Waals surface area contributed by atoms with Crippen molar-refractivity contribution in [3.8, 4) is 0 Å². The molecule has 0 aromatic carbocycles. The summed E-state index contributed by atoms with van der Waals surface area (Å²) in [6.45, 7) is 2.19. The maximum atomic E-state index is 4.49. The molecule has 1 unspecified atom stereocenters. The van der Waals surface area contributed by atoms with Gasteiger partial charge >= 0.3 is 0 Å². The summed E-state index contributed by atoms with van der Waals surface area (Å²) in [5, 5.41) is 1.67. The molecule has 1 saturated carbocycles. The van der Waals surface area contributed by atoms with Gasteiger partial charge in [-0.2, -0.15) is 0 Å². The van der Waals surface area contributed by atoms with E-state index in [1.165, 1.54) is 45.7 Å². The van der Waals surface area contributed by atoms with Crippen molar-refractivity contribution < 1.29 is 0 Å². The Hall–Kier alpha value is 0.140. The van der Waals surface area contributed by atoms with Gasteiger partial charge in [0.15, 0.2) is 0 Å². The van der Waals surface area contributed by atoms with E-state index in [9.17, 15) is 0 Å². The molecule has 66 valence electrons. The first-order valence-corrected chi connectivity index (χ1v) is 7.43. The van der Waals surface area contributed by atoms with Crippen LogP contribution in [-0.2, 0) is 0 Å². The van der Waals surface area contributed by atoms with E-state index in [4.69, 9.17) is 0 Å². The van der Waals surface area contributed by atoms with Crippen LogP contribution in [0.4, 0.5) is 0 Å². The van der Waals surface area contributed by atoms with Crippen LogP contribution in [0.5, 0.6) is 0 Å². The minimum absolute atomic E-state index is 0.817. The number of nitrogens with zero attached hydrogens (tertiary/aromatic N) is 1. The van der Waals surface area contributed by atoms with Gasteiger partial charge < -0.3 is 0 Å². The molecule has 2 rings (SSSR count). The van der Waals surface area contributed by atoms with Crippen LogP contribution in [-0.4, -0.2) is 4.75 Å². The Morgan fingerprint density at radius 1 is 1.33 bits per heavy atom. The van der Waals surface area contributed by atoms with Gasteiger partial charge in [0.1, 0.15) is 0 Å². The molecule has 1 aromatic heterocycles. The van der Waals surface area contributed by atoms with E-state index in [0.29, 0.717) is 0 Å². The quantitative estimate of drug-likeness (QED) is 0.664. The smallest absolute Gasteiger partial charge is 0.0498 e. The van der Waals surface area contributed by atoms with E-state index >= 15 is 0 Å². The number of hydrogen-bond acceptors (Lipinski definition) is 1. The van der Waals surface area contributed by atoms with Crippen molar-refractivity contribution in [3.63, 3.8) is 0 Å². The monoisotopic (exact) mass is 199 g/mol. The molecular weight excluding hydrogens is 184 g/mol. The third kappa shape index (κ3) is 1.73. The van der Waals surface area contributed by atoms with E-state index in [1.54, 1.807) is 5.30 Å². The molecule has 1 nitrogen and oxygen atoms in total. The number of aryl methyl sites for hydroxylation is 1. The Bertz CT molecular complexity index is 251. The van der Waals surface area contributed by atoms with E-state index in [-0.39, 0.29) is 0 Å². The lowest BCUT2D eigenvalue weighted by Gasteiger charge is -2.20. The van der Waals surface area contributed by atoms with Crippen molar-refractivity contribution in [2.24, 2.45) is 0 Å². The number of aromatic nitrogens is 1. The Labute approximate surface area is 77.1 Å². The molecule has 0 N–H and O–H groups in total. The standard InChI is InChI=1S/C9H15NP2/c1-7-9(11-12-10-7)8-5-3-2-4-6-8/h8,12H,2-6H2,1H3. The highest BCUT2D eigenvalue weighted by Crippen LogP contribution is 2.41. The van der Waals surface area contributed by atoms with Crippen molar-refractivity contribution >= 4 is 15.9 Å². The Morgan fingerprint density at radius 3 is 2.67 bits per heavy atom. The van der Waals surface area contributed by atoms with Gasteiger partial charge in [0.05, 0.1) is 0 Å². The molecule has 1 fully saturated rings. The highest BCUT2D eigenvalue weighted by atomic mass is 31.8. The second-order valence-corrected chi connectivity index (χ2v) is 6.03. The lowest BCUT2D eigenvalue weighted by molar-refractivity contribution is 0.447. The average Bonchev–Trinajstić information content (AvgIpc) is 2.53. The van der Waals surface area contributed by atoms with Gasteiger partial charge in [-0.1, -0.05) is 19.3 Å². The zero-order valence-corrected chi connectivity index (χ0v) is 9.40. The fourth-order valence-electron chi connectivity index (χ4n) is 2.05. The molecule has 0 spiro atoms. The molecular formula is C9H15NP2. The molecule has 0 aliphatic heterocycles. The normalized spacial score (nSPS) is 21.1. The first-order chi connectivity index (χ1) is 5.88. The van der Waals surface area contributed by atoms with Gasteiger partial charge in [0, 0.05) is 11.0 Å². The van der Waals surface area contributed by atoms with Crippen molar-refractivity contribution in [3.05, 3.63) is 11.0 Å². The molecule has 12 heavy (non-hydrogen) atoms. The maximum Gasteiger partial charge on any atom is 0.0498 e. The minimum Gasteiger partial charge on any atom is -0.241 e. The van der Waals surface area contributed by atoms with Gasteiger partial charge in [0.2, 0.25) is 0 Å². The molecule has 1 aliphatic carbocycles. The van der Waals surface area contributed by atoms with Crippen LogP contribution >= 0.6 is 15.9 Å². The van der Waals surface area contributed by atoms with Crippen LogP contribution in [0.15, 0.2) is 0 Å². The second-order valence-electron chi connectivity index (χ2n) is 3.63. The largest absolute Gasteiger partial charge is 0.241 e.